The summed E-state index contributed by atoms with van der Waals surface area (Å²) in [5, 5.41) is 9.13. The third-order valence-electron chi connectivity index (χ3n) is 4.99. The van der Waals surface area contributed by atoms with E-state index in [-0.39, 0.29) is 11.8 Å². The fraction of sp³-hybridized carbons (Fsp3) is 0.269. The van der Waals surface area contributed by atoms with Gasteiger partial charge in [0.2, 0.25) is 0 Å². The van der Waals surface area contributed by atoms with Gasteiger partial charge >= 0.3 is 5.97 Å². The zero-order valence-corrected chi connectivity index (χ0v) is 17.3. The molecule has 150 valence electrons. The highest BCUT2D eigenvalue weighted by Gasteiger charge is 2.14. The Morgan fingerprint density at radius 3 is 2.17 bits per heavy atom. The number of carboxylic acid groups (broad SMARTS) is 1. The molecule has 3 heteroatoms. The van der Waals surface area contributed by atoms with Crippen molar-refractivity contribution in [1.29, 1.82) is 0 Å². The first-order valence-corrected chi connectivity index (χ1v) is 9.95. The molecule has 0 radical (unpaired) electrons. The smallest absolute Gasteiger partial charge is 0.303 e. The molecule has 3 nitrogen and oxygen atoms in total. The van der Waals surface area contributed by atoms with Gasteiger partial charge in [-0.2, -0.15) is 0 Å². The Hall–Kier alpha value is -3.07. The van der Waals surface area contributed by atoms with Crippen LogP contribution >= 0.6 is 0 Å². The molecule has 0 saturated carbocycles. The van der Waals surface area contributed by atoms with Crippen molar-refractivity contribution in [2.45, 2.75) is 45.6 Å². The van der Waals surface area contributed by atoms with Gasteiger partial charge in [0.25, 0.3) is 0 Å². The third kappa shape index (κ3) is 5.71. The Morgan fingerprint density at radius 1 is 0.897 bits per heavy atom. The minimum atomic E-state index is -0.807. The molecule has 3 rings (SSSR count). The van der Waals surface area contributed by atoms with E-state index in [1.54, 1.807) is 0 Å². The van der Waals surface area contributed by atoms with Gasteiger partial charge in [-0.3, -0.25) is 4.79 Å². The Morgan fingerprint density at radius 2 is 1.55 bits per heavy atom. The van der Waals surface area contributed by atoms with E-state index in [0.29, 0.717) is 13.0 Å². The highest BCUT2D eigenvalue weighted by Crippen LogP contribution is 2.30. The molecule has 0 fully saturated rings. The van der Waals surface area contributed by atoms with Crippen molar-refractivity contribution in [2.24, 2.45) is 0 Å². The second kappa shape index (κ2) is 8.95. The lowest BCUT2D eigenvalue weighted by Crippen LogP contribution is -2.10. The van der Waals surface area contributed by atoms with Crippen LogP contribution < -0.4 is 4.74 Å². The Kier molecular flexibility index (Phi) is 6.38. The SMILES string of the molecule is CC(C)(C)c1ccc(-c2ccc(OCc3ccccc3)c(CCC(=O)O)c2)cc1. The first-order valence-electron chi connectivity index (χ1n) is 9.95. The Bertz CT molecular complexity index is 951. The molecule has 0 aliphatic heterocycles. The molecule has 0 aliphatic carbocycles. The third-order valence-corrected chi connectivity index (χ3v) is 4.99. The zero-order valence-electron chi connectivity index (χ0n) is 17.3. The highest BCUT2D eigenvalue weighted by molar-refractivity contribution is 5.69. The van der Waals surface area contributed by atoms with Crippen LogP contribution in [0.15, 0.2) is 72.8 Å². The molecule has 29 heavy (non-hydrogen) atoms. The van der Waals surface area contributed by atoms with Crippen molar-refractivity contribution < 1.29 is 14.6 Å². The molecule has 3 aromatic rings. The van der Waals surface area contributed by atoms with Crippen LogP contribution in [0.1, 0.15) is 43.9 Å². The van der Waals surface area contributed by atoms with Crippen LogP contribution in [0.5, 0.6) is 5.75 Å². The second-order valence-corrected chi connectivity index (χ2v) is 8.32. The molecule has 3 aromatic carbocycles. The summed E-state index contributed by atoms with van der Waals surface area (Å²) in [5.41, 5.74) is 5.58. The summed E-state index contributed by atoms with van der Waals surface area (Å²) in [4.78, 5) is 11.1. The lowest BCUT2D eigenvalue weighted by molar-refractivity contribution is -0.136. The van der Waals surface area contributed by atoms with Gasteiger partial charge in [0.15, 0.2) is 0 Å². The topological polar surface area (TPSA) is 46.5 Å². The van der Waals surface area contributed by atoms with Gasteiger partial charge in [0, 0.05) is 6.42 Å². The fourth-order valence-corrected chi connectivity index (χ4v) is 3.23. The van der Waals surface area contributed by atoms with E-state index in [2.05, 4.69) is 51.1 Å². The van der Waals surface area contributed by atoms with E-state index < -0.39 is 5.97 Å². The summed E-state index contributed by atoms with van der Waals surface area (Å²) in [6.07, 6.45) is 0.515. The predicted molar refractivity (Wildman–Crippen MR) is 117 cm³/mol. The van der Waals surface area contributed by atoms with Crippen molar-refractivity contribution in [3.8, 4) is 16.9 Å². The number of hydrogen-bond acceptors (Lipinski definition) is 2. The molecule has 0 heterocycles. The molecule has 0 amide bonds. The summed E-state index contributed by atoms with van der Waals surface area (Å²) in [5.74, 6) is -0.0656. The zero-order chi connectivity index (χ0) is 20.9. The summed E-state index contributed by atoms with van der Waals surface area (Å²) in [6, 6.07) is 24.6. The standard InChI is InChI=1S/C26H28O3/c1-26(2,3)23-13-9-20(10-14-23)21-11-15-24(22(17-21)12-16-25(27)28)29-18-19-7-5-4-6-8-19/h4-11,13-15,17H,12,16,18H2,1-3H3,(H,27,28). The average molecular weight is 389 g/mol. The molecule has 0 unspecified atom stereocenters. The molecule has 0 spiro atoms. The van der Waals surface area contributed by atoms with Gasteiger partial charge in [-0.25, -0.2) is 0 Å². The maximum Gasteiger partial charge on any atom is 0.303 e. The lowest BCUT2D eigenvalue weighted by atomic mass is 9.86. The van der Waals surface area contributed by atoms with Crippen LogP contribution in [-0.2, 0) is 23.2 Å². The maximum atomic E-state index is 11.1. The van der Waals surface area contributed by atoms with Gasteiger partial charge in [-0.05, 0) is 51.8 Å². The van der Waals surface area contributed by atoms with E-state index in [1.165, 1.54) is 5.56 Å². The molecule has 0 bridgehead atoms. The van der Waals surface area contributed by atoms with Crippen molar-refractivity contribution in [3.63, 3.8) is 0 Å². The van der Waals surface area contributed by atoms with Crippen LogP contribution in [0, 0.1) is 0 Å². The minimum absolute atomic E-state index is 0.0775. The number of benzene rings is 3. The van der Waals surface area contributed by atoms with Crippen LogP contribution in [0.4, 0.5) is 0 Å². The summed E-state index contributed by atoms with van der Waals surface area (Å²) in [6.45, 7) is 7.06. The van der Waals surface area contributed by atoms with Crippen LogP contribution in [0.25, 0.3) is 11.1 Å². The number of hydrogen-bond donors (Lipinski definition) is 1. The van der Waals surface area contributed by atoms with E-state index in [9.17, 15) is 4.79 Å². The molecular weight excluding hydrogens is 360 g/mol. The van der Waals surface area contributed by atoms with E-state index in [4.69, 9.17) is 9.84 Å². The van der Waals surface area contributed by atoms with Gasteiger partial charge in [0.1, 0.15) is 12.4 Å². The highest BCUT2D eigenvalue weighted by atomic mass is 16.5. The second-order valence-electron chi connectivity index (χ2n) is 8.32. The minimum Gasteiger partial charge on any atom is -0.489 e. The molecule has 0 saturated heterocycles. The van der Waals surface area contributed by atoms with Gasteiger partial charge in [0.05, 0.1) is 0 Å². The van der Waals surface area contributed by atoms with Crippen LogP contribution in [0.2, 0.25) is 0 Å². The quantitative estimate of drug-likeness (QED) is 0.520. The number of aliphatic carboxylic acids is 1. The van der Waals surface area contributed by atoms with Crippen molar-refractivity contribution in [3.05, 3.63) is 89.5 Å². The van der Waals surface area contributed by atoms with Crippen LogP contribution in [-0.4, -0.2) is 11.1 Å². The van der Waals surface area contributed by atoms with Crippen molar-refractivity contribution >= 4 is 5.97 Å². The summed E-state index contributed by atoms with van der Waals surface area (Å²) >= 11 is 0. The molecular formula is C26H28O3. The normalized spacial score (nSPS) is 11.3. The monoisotopic (exact) mass is 388 g/mol. The Labute approximate surface area is 173 Å². The molecule has 0 aliphatic rings. The number of ether oxygens (including phenoxy) is 1. The van der Waals surface area contributed by atoms with Crippen molar-refractivity contribution in [2.75, 3.05) is 0 Å². The molecule has 0 atom stereocenters. The maximum absolute atomic E-state index is 11.1. The van der Waals surface area contributed by atoms with Crippen LogP contribution in [0.3, 0.4) is 0 Å². The van der Waals surface area contributed by atoms with Gasteiger partial charge < -0.3 is 9.84 Å². The Balaban J connectivity index is 1.85. The number of carbonyl (C=O) groups is 1. The van der Waals surface area contributed by atoms with E-state index in [0.717, 1.165) is 28.0 Å². The lowest BCUT2D eigenvalue weighted by Gasteiger charge is -2.19. The predicted octanol–water partition coefficient (Wildman–Crippen LogP) is 6.25. The average Bonchev–Trinajstić information content (AvgIpc) is 2.71. The van der Waals surface area contributed by atoms with Gasteiger partial charge in [-0.1, -0.05) is 81.4 Å². The molecule has 0 aromatic heterocycles. The summed E-state index contributed by atoms with van der Waals surface area (Å²) in [7, 11) is 0. The number of rotatable bonds is 7. The fourth-order valence-electron chi connectivity index (χ4n) is 3.23. The molecule has 1 N–H and O–H groups in total. The van der Waals surface area contributed by atoms with E-state index in [1.807, 2.05) is 42.5 Å². The van der Waals surface area contributed by atoms with Crippen molar-refractivity contribution in [1.82, 2.24) is 0 Å². The first-order chi connectivity index (χ1) is 13.8. The number of aryl methyl sites for hydroxylation is 1. The largest absolute Gasteiger partial charge is 0.489 e. The van der Waals surface area contributed by atoms with Gasteiger partial charge in [-0.15, -0.1) is 0 Å². The van der Waals surface area contributed by atoms with E-state index >= 15 is 0 Å². The first kappa shape index (κ1) is 20.7. The summed E-state index contributed by atoms with van der Waals surface area (Å²) < 4.78 is 6.02. The number of carboxylic acids is 1.